The van der Waals surface area contributed by atoms with Crippen LogP contribution >= 0.6 is 15.9 Å². The maximum Gasteiger partial charge on any atom is 0.402 e. The minimum Gasteiger partial charge on any atom is -0.207 e. The van der Waals surface area contributed by atoms with Crippen LogP contribution in [0.4, 0.5) is 17.6 Å². The molecule has 0 aromatic heterocycles. The lowest BCUT2D eigenvalue weighted by molar-refractivity contribution is -0.121. The van der Waals surface area contributed by atoms with Crippen LogP contribution in [-0.4, -0.2) is 21.1 Å². The molecular weight excluding hydrogens is 330 g/mol. The first-order valence-electron chi connectivity index (χ1n) is 4.13. The fourth-order valence-electron chi connectivity index (χ4n) is 0.904. The second kappa shape index (κ2) is 4.91. The molecule has 3 nitrogen and oxygen atoms in total. The van der Waals surface area contributed by atoms with E-state index < -0.39 is 33.5 Å². The highest BCUT2D eigenvalue weighted by atomic mass is 79.9. The molecule has 0 heterocycles. The Morgan fingerprint density at radius 2 is 1.88 bits per heavy atom. The molecule has 0 saturated carbocycles. The molecule has 9 heteroatoms. The van der Waals surface area contributed by atoms with Gasteiger partial charge in [0.25, 0.3) is 0 Å². The van der Waals surface area contributed by atoms with Gasteiger partial charge in [-0.1, -0.05) is 0 Å². The van der Waals surface area contributed by atoms with Crippen molar-refractivity contribution in [2.45, 2.75) is 11.1 Å². The predicted molar refractivity (Wildman–Crippen MR) is 55.3 cm³/mol. The first-order chi connectivity index (χ1) is 7.62. The largest absolute Gasteiger partial charge is 0.402 e. The average Bonchev–Trinajstić information content (AvgIpc) is 2.18. The van der Waals surface area contributed by atoms with Crippen molar-refractivity contribution in [2.75, 3.05) is 6.54 Å². The van der Waals surface area contributed by atoms with Gasteiger partial charge in [-0.25, -0.2) is 17.5 Å². The second-order valence-electron chi connectivity index (χ2n) is 3.02. The number of halogens is 5. The van der Waals surface area contributed by atoms with Gasteiger partial charge in [0.2, 0.25) is 10.0 Å². The third kappa shape index (κ3) is 4.25. The van der Waals surface area contributed by atoms with E-state index in [9.17, 15) is 26.0 Å². The van der Waals surface area contributed by atoms with E-state index in [1.165, 1.54) is 4.72 Å². The topological polar surface area (TPSA) is 46.2 Å². The molecule has 96 valence electrons. The zero-order valence-electron chi connectivity index (χ0n) is 8.05. The quantitative estimate of drug-likeness (QED) is 0.862. The number of benzene rings is 1. The standard InChI is InChI=1S/C8H6BrF4NO2S/c9-6-3-5(1-2-7(6)10)17(15,16)14-4-8(11,12)13/h1-3,14H,4H2. The van der Waals surface area contributed by atoms with E-state index in [4.69, 9.17) is 0 Å². The summed E-state index contributed by atoms with van der Waals surface area (Å²) < 4.78 is 72.4. The number of sulfonamides is 1. The Kier molecular flexibility index (Phi) is 4.15. The molecule has 0 radical (unpaired) electrons. The third-order valence-electron chi connectivity index (χ3n) is 1.66. The highest BCUT2D eigenvalue weighted by molar-refractivity contribution is 9.10. The van der Waals surface area contributed by atoms with Crippen molar-refractivity contribution in [3.63, 3.8) is 0 Å². The van der Waals surface area contributed by atoms with Gasteiger partial charge in [0, 0.05) is 0 Å². The van der Waals surface area contributed by atoms with Gasteiger partial charge in [-0.15, -0.1) is 0 Å². The molecule has 17 heavy (non-hydrogen) atoms. The summed E-state index contributed by atoms with van der Waals surface area (Å²) in [7, 11) is -4.30. The lowest BCUT2D eigenvalue weighted by Crippen LogP contribution is -2.33. The number of hydrogen-bond acceptors (Lipinski definition) is 2. The van der Waals surface area contributed by atoms with E-state index in [2.05, 4.69) is 15.9 Å². The van der Waals surface area contributed by atoms with E-state index in [0.717, 1.165) is 18.2 Å². The minimum atomic E-state index is -4.65. The first-order valence-corrected chi connectivity index (χ1v) is 6.41. The van der Waals surface area contributed by atoms with Crippen LogP contribution in [0, 0.1) is 5.82 Å². The summed E-state index contributed by atoms with van der Waals surface area (Å²) in [6.45, 7) is -1.68. The van der Waals surface area contributed by atoms with Gasteiger partial charge in [-0.05, 0) is 34.1 Å². The van der Waals surface area contributed by atoms with Gasteiger partial charge >= 0.3 is 6.18 Å². The van der Waals surface area contributed by atoms with E-state index in [0.29, 0.717) is 0 Å². The van der Waals surface area contributed by atoms with E-state index in [1.54, 1.807) is 0 Å². The maximum atomic E-state index is 12.8. The maximum absolute atomic E-state index is 12.8. The lowest BCUT2D eigenvalue weighted by atomic mass is 10.3. The van der Waals surface area contributed by atoms with Crippen molar-refractivity contribution in [1.29, 1.82) is 0 Å². The zero-order chi connectivity index (χ0) is 13.3. The van der Waals surface area contributed by atoms with Crippen LogP contribution in [0.5, 0.6) is 0 Å². The van der Waals surface area contributed by atoms with Crippen molar-refractivity contribution in [1.82, 2.24) is 4.72 Å². The number of rotatable bonds is 3. The molecule has 0 spiro atoms. The molecule has 0 atom stereocenters. The Labute approximate surface area is 103 Å². The summed E-state index contributed by atoms with van der Waals surface area (Å²) in [4.78, 5) is -0.449. The Hall–Kier alpha value is -0.670. The molecule has 0 unspecified atom stereocenters. The van der Waals surface area contributed by atoms with Crippen LogP contribution in [0.3, 0.4) is 0 Å². The minimum absolute atomic E-state index is 0.146. The van der Waals surface area contributed by atoms with Crippen molar-refractivity contribution in [2.24, 2.45) is 0 Å². The highest BCUT2D eigenvalue weighted by Gasteiger charge is 2.30. The molecule has 0 amide bonds. The number of alkyl halides is 3. The Morgan fingerprint density at radius 3 is 2.35 bits per heavy atom. The van der Waals surface area contributed by atoms with Crippen molar-refractivity contribution in [3.05, 3.63) is 28.5 Å². The average molecular weight is 336 g/mol. The van der Waals surface area contributed by atoms with Crippen LogP contribution in [-0.2, 0) is 10.0 Å². The second-order valence-corrected chi connectivity index (χ2v) is 5.64. The van der Waals surface area contributed by atoms with Gasteiger partial charge in [0.15, 0.2) is 0 Å². The summed E-state index contributed by atoms with van der Waals surface area (Å²) >= 11 is 2.74. The van der Waals surface area contributed by atoms with Gasteiger partial charge in [-0.3, -0.25) is 0 Å². The smallest absolute Gasteiger partial charge is 0.207 e. The fraction of sp³-hybridized carbons (Fsp3) is 0.250. The molecule has 0 fully saturated rings. The van der Waals surface area contributed by atoms with Crippen LogP contribution in [0.15, 0.2) is 27.6 Å². The monoisotopic (exact) mass is 335 g/mol. The van der Waals surface area contributed by atoms with Crippen molar-refractivity contribution >= 4 is 26.0 Å². The van der Waals surface area contributed by atoms with E-state index in [-0.39, 0.29) is 4.47 Å². The first kappa shape index (κ1) is 14.4. The van der Waals surface area contributed by atoms with Gasteiger partial charge in [0.1, 0.15) is 12.4 Å². The molecule has 0 aliphatic heterocycles. The number of nitrogens with one attached hydrogen (secondary N) is 1. The zero-order valence-corrected chi connectivity index (χ0v) is 10.5. The Bertz CT molecular complexity index is 515. The summed E-state index contributed by atoms with van der Waals surface area (Å²) in [6, 6.07) is 2.60. The van der Waals surface area contributed by atoms with Crippen LogP contribution in [0.25, 0.3) is 0 Å². The molecule has 0 saturated heterocycles. The summed E-state index contributed by atoms with van der Waals surface area (Å²) in [6.07, 6.45) is -4.65. The molecule has 1 N–H and O–H groups in total. The fourth-order valence-corrected chi connectivity index (χ4v) is 2.48. The van der Waals surface area contributed by atoms with Gasteiger partial charge < -0.3 is 0 Å². The molecular formula is C8H6BrF4NO2S. The van der Waals surface area contributed by atoms with Gasteiger partial charge in [0.05, 0.1) is 9.37 Å². The molecule has 0 aliphatic rings. The SMILES string of the molecule is O=S(=O)(NCC(F)(F)F)c1ccc(F)c(Br)c1. The molecule has 1 aromatic rings. The number of hydrogen-bond donors (Lipinski definition) is 1. The van der Waals surface area contributed by atoms with Crippen molar-refractivity contribution < 1.29 is 26.0 Å². The Morgan fingerprint density at radius 1 is 1.29 bits per heavy atom. The molecule has 0 aliphatic carbocycles. The summed E-state index contributed by atoms with van der Waals surface area (Å²) in [5.41, 5.74) is 0. The van der Waals surface area contributed by atoms with E-state index in [1.807, 2.05) is 0 Å². The molecule has 1 aromatic carbocycles. The molecule has 0 bridgehead atoms. The van der Waals surface area contributed by atoms with E-state index >= 15 is 0 Å². The predicted octanol–water partition coefficient (Wildman–Crippen LogP) is 2.43. The summed E-state index contributed by atoms with van der Waals surface area (Å²) in [5.74, 6) is -0.709. The lowest BCUT2D eigenvalue weighted by Gasteiger charge is -2.09. The van der Waals surface area contributed by atoms with Gasteiger partial charge in [-0.2, -0.15) is 13.2 Å². The van der Waals surface area contributed by atoms with Crippen molar-refractivity contribution in [3.8, 4) is 0 Å². The normalized spacial score (nSPS) is 12.8. The van der Waals surface area contributed by atoms with Crippen LogP contribution < -0.4 is 4.72 Å². The Balaban J connectivity index is 2.94. The summed E-state index contributed by atoms with van der Waals surface area (Å²) in [5, 5.41) is 0. The van der Waals surface area contributed by atoms with Crippen LogP contribution in [0.1, 0.15) is 0 Å². The molecule has 1 rings (SSSR count). The third-order valence-corrected chi connectivity index (χ3v) is 3.67. The highest BCUT2D eigenvalue weighted by Crippen LogP contribution is 2.20. The van der Waals surface area contributed by atoms with Crippen LogP contribution in [0.2, 0.25) is 0 Å².